The van der Waals surface area contributed by atoms with Gasteiger partial charge in [-0.2, -0.15) is 5.10 Å². The fourth-order valence-corrected chi connectivity index (χ4v) is 1.55. The normalized spacial score (nSPS) is 10.3. The molecule has 0 radical (unpaired) electrons. The Labute approximate surface area is 108 Å². The Bertz CT molecular complexity index is 529. The maximum absolute atomic E-state index is 11.8. The van der Waals surface area contributed by atoms with Crippen LogP contribution >= 0.6 is 23.2 Å². The summed E-state index contributed by atoms with van der Waals surface area (Å²) in [5.74, 6) is -0.310. The van der Waals surface area contributed by atoms with Crippen molar-refractivity contribution in [2.45, 2.75) is 0 Å². The minimum Gasteiger partial charge on any atom is -0.321 e. The minimum atomic E-state index is -0.310. The largest absolute Gasteiger partial charge is 0.321 e. The third kappa shape index (κ3) is 2.78. The third-order valence-electron chi connectivity index (χ3n) is 2.16. The fourth-order valence-electron chi connectivity index (χ4n) is 1.28. The fraction of sp³-hybridized carbons (Fsp3) is 0.0909. The number of aryl methyl sites for hydroxylation is 1. The number of carbonyl (C=O) groups is 1. The van der Waals surface area contributed by atoms with Crippen molar-refractivity contribution in [3.63, 3.8) is 0 Å². The van der Waals surface area contributed by atoms with E-state index in [2.05, 4.69) is 10.4 Å². The molecule has 6 heteroatoms. The van der Waals surface area contributed by atoms with Gasteiger partial charge in [-0.1, -0.05) is 23.2 Å². The van der Waals surface area contributed by atoms with Gasteiger partial charge in [0.2, 0.25) is 0 Å². The first-order valence-electron chi connectivity index (χ1n) is 4.83. The summed E-state index contributed by atoms with van der Waals surface area (Å²) >= 11 is 11.5. The first-order valence-corrected chi connectivity index (χ1v) is 5.58. The van der Waals surface area contributed by atoms with Crippen LogP contribution in [0.15, 0.2) is 30.3 Å². The van der Waals surface area contributed by atoms with Crippen molar-refractivity contribution in [1.29, 1.82) is 0 Å². The zero-order chi connectivity index (χ0) is 12.4. The molecule has 1 aromatic carbocycles. The summed E-state index contributed by atoms with van der Waals surface area (Å²) in [5, 5.41) is 7.69. The van der Waals surface area contributed by atoms with Gasteiger partial charge >= 0.3 is 0 Å². The van der Waals surface area contributed by atoms with Crippen LogP contribution < -0.4 is 5.32 Å². The van der Waals surface area contributed by atoms with Crippen LogP contribution in [-0.4, -0.2) is 15.7 Å². The Hall–Kier alpha value is -1.52. The van der Waals surface area contributed by atoms with Gasteiger partial charge in [-0.3, -0.25) is 9.48 Å². The molecule has 0 bridgehead atoms. The van der Waals surface area contributed by atoms with E-state index in [0.717, 1.165) is 0 Å². The van der Waals surface area contributed by atoms with Crippen LogP contribution in [0.2, 0.25) is 10.2 Å². The first kappa shape index (κ1) is 12.0. The van der Waals surface area contributed by atoms with Crippen LogP contribution in [0.25, 0.3) is 0 Å². The van der Waals surface area contributed by atoms with Crippen LogP contribution in [0.4, 0.5) is 5.69 Å². The Morgan fingerprint density at radius 1 is 1.29 bits per heavy atom. The molecule has 0 aliphatic rings. The number of hydrogen-bond donors (Lipinski definition) is 1. The molecule has 88 valence electrons. The Balaban J connectivity index is 2.14. The van der Waals surface area contributed by atoms with Gasteiger partial charge < -0.3 is 5.32 Å². The third-order valence-corrected chi connectivity index (χ3v) is 2.76. The molecule has 1 aromatic heterocycles. The predicted octanol–water partition coefficient (Wildman–Crippen LogP) is 2.98. The maximum Gasteiger partial charge on any atom is 0.276 e. The highest BCUT2D eigenvalue weighted by Gasteiger charge is 2.11. The molecular formula is C11H9Cl2N3O. The Kier molecular flexibility index (Phi) is 3.36. The molecule has 1 heterocycles. The number of nitrogens with zero attached hydrogens (tertiary/aromatic N) is 2. The topological polar surface area (TPSA) is 46.9 Å². The Morgan fingerprint density at radius 3 is 2.47 bits per heavy atom. The predicted molar refractivity (Wildman–Crippen MR) is 67.6 cm³/mol. The van der Waals surface area contributed by atoms with Gasteiger partial charge in [0.05, 0.1) is 0 Å². The monoisotopic (exact) mass is 269 g/mol. The van der Waals surface area contributed by atoms with E-state index in [-0.39, 0.29) is 11.6 Å². The van der Waals surface area contributed by atoms with Gasteiger partial charge in [0, 0.05) is 23.8 Å². The number of carbonyl (C=O) groups excluding carboxylic acids is 1. The maximum atomic E-state index is 11.8. The second kappa shape index (κ2) is 4.77. The summed E-state index contributed by atoms with van der Waals surface area (Å²) in [6.07, 6.45) is 0. The molecule has 0 aliphatic heterocycles. The van der Waals surface area contributed by atoms with Crippen molar-refractivity contribution in [3.8, 4) is 0 Å². The number of anilines is 1. The summed E-state index contributed by atoms with van der Waals surface area (Å²) in [5.41, 5.74) is 0.925. The van der Waals surface area contributed by atoms with Crippen molar-refractivity contribution in [2.24, 2.45) is 7.05 Å². The van der Waals surface area contributed by atoms with Crippen molar-refractivity contribution >= 4 is 34.8 Å². The first-order chi connectivity index (χ1) is 8.06. The molecule has 0 saturated carbocycles. The van der Waals surface area contributed by atoms with E-state index in [9.17, 15) is 4.79 Å². The number of amides is 1. The summed E-state index contributed by atoms with van der Waals surface area (Å²) in [7, 11) is 1.67. The summed E-state index contributed by atoms with van der Waals surface area (Å²) in [6, 6.07) is 8.33. The van der Waals surface area contributed by atoms with E-state index in [1.54, 1.807) is 31.3 Å². The molecule has 0 atom stereocenters. The highest BCUT2D eigenvalue weighted by atomic mass is 35.5. The van der Waals surface area contributed by atoms with Gasteiger partial charge in [-0.15, -0.1) is 0 Å². The van der Waals surface area contributed by atoms with E-state index in [4.69, 9.17) is 23.2 Å². The lowest BCUT2D eigenvalue weighted by Crippen LogP contribution is -2.12. The van der Waals surface area contributed by atoms with Gasteiger partial charge in [-0.25, -0.2) is 0 Å². The van der Waals surface area contributed by atoms with E-state index < -0.39 is 0 Å². The summed E-state index contributed by atoms with van der Waals surface area (Å²) < 4.78 is 1.43. The molecular weight excluding hydrogens is 261 g/mol. The van der Waals surface area contributed by atoms with Crippen molar-refractivity contribution in [3.05, 3.63) is 46.2 Å². The number of halogens is 2. The van der Waals surface area contributed by atoms with Crippen molar-refractivity contribution in [1.82, 2.24) is 9.78 Å². The summed E-state index contributed by atoms with van der Waals surface area (Å²) in [4.78, 5) is 11.8. The molecule has 0 fully saturated rings. The average molecular weight is 270 g/mol. The molecule has 0 spiro atoms. The quantitative estimate of drug-likeness (QED) is 0.911. The zero-order valence-corrected chi connectivity index (χ0v) is 10.5. The van der Waals surface area contributed by atoms with Crippen LogP contribution in [0.5, 0.6) is 0 Å². The van der Waals surface area contributed by atoms with Gasteiger partial charge in [-0.05, 0) is 24.3 Å². The number of nitrogens with one attached hydrogen (secondary N) is 1. The van der Waals surface area contributed by atoms with Gasteiger partial charge in [0.1, 0.15) is 5.15 Å². The van der Waals surface area contributed by atoms with Crippen LogP contribution in [0.3, 0.4) is 0 Å². The van der Waals surface area contributed by atoms with E-state index >= 15 is 0 Å². The number of aromatic nitrogens is 2. The highest BCUT2D eigenvalue weighted by Crippen LogP contribution is 2.15. The molecule has 2 rings (SSSR count). The Morgan fingerprint density at radius 2 is 1.94 bits per heavy atom. The standard InChI is InChI=1S/C11H9Cl2N3O/c1-16-10(13)6-9(15-16)11(17)14-8-4-2-7(12)3-5-8/h2-6H,1H3,(H,14,17). The molecule has 1 amide bonds. The number of hydrogen-bond acceptors (Lipinski definition) is 2. The second-order valence-corrected chi connectivity index (χ2v) is 4.26. The molecule has 1 N–H and O–H groups in total. The van der Waals surface area contributed by atoms with Crippen LogP contribution in [0.1, 0.15) is 10.5 Å². The van der Waals surface area contributed by atoms with E-state index in [1.807, 2.05) is 0 Å². The highest BCUT2D eigenvalue weighted by molar-refractivity contribution is 6.30. The van der Waals surface area contributed by atoms with Crippen molar-refractivity contribution in [2.75, 3.05) is 5.32 Å². The average Bonchev–Trinajstić information content (AvgIpc) is 2.63. The van der Waals surface area contributed by atoms with Crippen molar-refractivity contribution < 1.29 is 4.79 Å². The van der Waals surface area contributed by atoms with E-state index in [1.165, 1.54) is 10.7 Å². The molecule has 0 aliphatic carbocycles. The number of benzene rings is 1. The SMILES string of the molecule is Cn1nc(C(=O)Nc2ccc(Cl)cc2)cc1Cl. The second-order valence-electron chi connectivity index (χ2n) is 3.44. The van der Waals surface area contributed by atoms with Crippen LogP contribution in [-0.2, 0) is 7.05 Å². The molecule has 2 aromatic rings. The van der Waals surface area contributed by atoms with Gasteiger partial charge in [0.15, 0.2) is 5.69 Å². The van der Waals surface area contributed by atoms with Crippen LogP contribution in [0, 0.1) is 0 Å². The molecule has 0 saturated heterocycles. The smallest absolute Gasteiger partial charge is 0.276 e. The van der Waals surface area contributed by atoms with E-state index in [0.29, 0.717) is 15.9 Å². The molecule has 17 heavy (non-hydrogen) atoms. The number of rotatable bonds is 2. The van der Waals surface area contributed by atoms with Gasteiger partial charge in [0.25, 0.3) is 5.91 Å². The lowest BCUT2D eigenvalue weighted by Gasteiger charge is -2.02. The summed E-state index contributed by atoms with van der Waals surface area (Å²) in [6.45, 7) is 0. The molecule has 4 nitrogen and oxygen atoms in total. The minimum absolute atomic E-state index is 0.271. The molecule has 0 unspecified atom stereocenters. The lowest BCUT2D eigenvalue weighted by molar-refractivity contribution is 0.102. The lowest BCUT2D eigenvalue weighted by atomic mass is 10.3. The zero-order valence-electron chi connectivity index (χ0n) is 8.95.